The van der Waals surface area contributed by atoms with Gasteiger partial charge in [-0.1, -0.05) is 0 Å². The lowest BCUT2D eigenvalue weighted by Crippen LogP contribution is -2.50. The van der Waals surface area contributed by atoms with Crippen LogP contribution < -0.4 is 4.90 Å². The van der Waals surface area contributed by atoms with E-state index < -0.39 is 5.97 Å². The zero-order valence-corrected chi connectivity index (χ0v) is 10.9. The molecule has 0 saturated carbocycles. The fourth-order valence-electron chi connectivity index (χ4n) is 1.94. The van der Waals surface area contributed by atoms with Gasteiger partial charge < -0.3 is 19.5 Å². The molecule has 7 heteroatoms. The Bertz CT molecular complexity index is 437. The normalized spacial score (nSPS) is 23.2. The standard InChI is InChI=1S/C12H17N3O4/c1-8-7-19-9(6-16)5-15(8)11-4-3-10(13-14-11)12(17)18-2/h3-4,8-9,16H,5-7H2,1-2H3. The summed E-state index contributed by atoms with van der Waals surface area (Å²) in [6, 6.07) is 3.43. The summed E-state index contributed by atoms with van der Waals surface area (Å²) in [6.45, 7) is 3.04. The molecule has 2 rings (SSSR count). The van der Waals surface area contributed by atoms with Crippen molar-refractivity contribution in [3.63, 3.8) is 0 Å². The van der Waals surface area contributed by atoms with Crippen molar-refractivity contribution in [3.05, 3.63) is 17.8 Å². The van der Waals surface area contributed by atoms with E-state index >= 15 is 0 Å². The van der Waals surface area contributed by atoms with E-state index in [-0.39, 0.29) is 24.4 Å². The second kappa shape index (κ2) is 5.94. The first-order valence-corrected chi connectivity index (χ1v) is 6.07. The van der Waals surface area contributed by atoms with Crippen LogP contribution in [0.2, 0.25) is 0 Å². The van der Waals surface area contributed by atoms with Crippen molar-refractivity contribution in [2.24, 2.45) is 0 Å². The van der Waals surface area contributed by atoms with Crippen molar-refractivity contribution >= 4 is 11.8 Å². The molecule has 1 aromatic rings. The maximum absolute atomic E-state index is 11.3. The third-order valence-corrected chi connectivity index (χ3v) is 3.05. The Kier molecular flexibility index (Phi) is 4.28. The molecule has 19 heavy (non-hydrogen) atoms. The van der Waals surface area contributed by atoms with E-state index in [1.54, 1.807) is 12.1 Å². The second-order valence-electron chi connectivity index (χ2n) is 4.41. The van der Waals surface area contributed by atoms with Gasteiger partial charge in [-0.25, -0.2) is 4.79 Å². The molecule has 2 atom stereocenters. The van der Waals surface area contributed by atoms with Gasteiger partial charge in [0.1, 0.15) is 0 Å². The van der Waals surface area contributed by atoms with Crippen LogP contribution in [-0.2, 0) is 9.47 Å². The van der Waals surface area contributed by atoms with E-state index in [1.165, 1.54) is 7.11 Å². The number of carbonyl (C=O) groups excluding carboxylic acids is 1. The summed E-state index contributed by atoms with van der Waals surface area (Å²) in [5, 5.41) is 17.0. The number of ether oxygens (including phenoxy) is 2. The predicted molar refractivity (Wildman–Crippen MR) is 67.0 cm³/mol. The number of aliphatic hydroxyl groups is 1. The van der Waals surface area contributed by atoms with E-state index in [2.05, 4.69) is 14.9 Å². The quantitative estimate of drug-likeness (QED) is 0.762. The van der Waals surface area contributed by atoms with Crippen LogP contribution in [0.1, 0.15) is 17.4 Å². The molecule has 0 spiro atoms. The van der Waals surface area contributed by atoms with Crippen molar-refractivity contribution in [3.8, 4) is 0 Å². The highest BCUT2D eigenvalue weighted by molar-refractivity contribution is 5.86. The van der Waals surface area contributed by atoms with E-state index in [9.17, 15) is 4.79 Å². The summed E-state index contributed by atoms with van der Waals surface area (Å²) in [6.07, 6.45) is -0.224. The molecule has 0 radical (unpaired) electrons. The molecule has 2 unspecified atom stereocenters. The third-order valence-electron chi connectivity index (χ3n) is 3.05. The van der Waals surface area contributed by atoms with E-state index in [0.29, 0.717) is 19.0 Å². The van der Waals surface area contributed by atoms with Gasteiger partial charge in [-0.05, 0) is 19.1 Å². The van der Waals surface area contributed by atoms with Gasteiger partial charge in [0.2, 0.25) is 0 Å². The third kappa shape index (κ3) is 2.99. The van der Waals surface area contributed by atoms with Gasteiger partial charge in [-0.3, -0.25) is 0 Å². The minimum Gasteiger partial charge on any atom is -0.464 e. The molecule has 0 aromatic carbocycles. The summed E-state index contributed by atoms with van der Waals surface area (Å²) in [5.41, 5.74) is 0.172. The first-order chi connectivity index (χ1) is 9.15. The van der Waals surface area contributed by atoms with Crippen molar-refractivity contribution < 1.29 is 19.4 Å². The van der Waals surface area contributed by atoms with Crippen LogP contribution in [0.15, 0.2) is 12.1 Å². The minimum atomic E-state index is -0.512. The van der Waals surface area contributed by atoms with Crippen molar-refractivity contribution in [2.45, 2.75) is 19.1 Å². The molecule has 1 aliphatic rings. The monoisotopic (exact) mass is 267 g/mol. The predicted octanol–water partition coefficient (Wildman–Crippen LogP) is -0.151. The highest BCUT2D eigenvalue weighted by atomic mass is 16.5. The van der Waals surface area contributed by atoms with Crippen LogP contribution in [0.25, 0.3) is 0 Å². The number of methoxy groups -OCH3 is 1. The fourth-order valence-corrected chi connectivity index (χ4v) is 1.94. The summed E-state index contributed by atoms with van der Waals surface area (Å²) < 4.78 is 10.0. The lowest BCUT2D eigenvalue weighted by molar-refractivity contribution is -0.0106. The van der Waals surface area contributed by atoms with Gasteiger partial charge in [0.25, 0.3) is 0 Å². The van der Waals surface area contributed by atoms with Crippen LogP contribution in [0, 0.1) is 0 Å². The molecular formula is C12H17N3O4. The Hall–Kier alpha value is -1.73. The van der Waals surface area contributed by atoms with Gasteiger partial charge in [-0.15, -0.1) is 10.2 Å². The van der Waals surface area contributed by atoms with Crippen LogP contribution in [0.3, 0.4) is 0 Å². The Balaban J connectivity index is 2.14. The number of morpholine rings is 1. The maximum Gasteiger partial charge on any atom is 0.358 e. The molecule has 1 N–H and O–H groups in total. The average molecular weight is 267 g/mol. The van der Waals surface area contributed by atoms with E-state index in [1.807, 2.05) is 11.8 Å². The zero-order chi connectivity index (χ0) is 13.8. The average Bonchev–Trinajstić information content (AvgIpc) is 2.47. The van der Waals surface area contributed by atoms with E-state index in [0.717, 1.165) is 0 Å². The molecule has 0 bridgehead atoms. The second-order valence-corrected chi connectivity index (χ2v) is 4.41. The minimum absolute atomic E-state index is 0.0309. The summed E-state index contributed by atoms with van der Waals surface area (Å²) in [5.74, 6) is 0.143. The molecule has 1 aromatic heterocycles. The molecule has 0 aliphatic carbocycles. The number of aliphatic hydroxyl groups excluding tert-OH is 1. The zero-order valence-electron chi connectivity index (χ0n) is 10.9. The Morgan fingerprint density at radius 2 is 2.37 bits per heavy atom. The van der Waals surface area contributed by atoms with Crippen LogP contribution in [0.5, 0.6) is 0 Å². The number of anilines is 1. The number of nitrogens with zero attached hydrogens (tertiary/aromatic N) is 3. The van der Waals surface area contributed by atoms with Crippen molar-refractivity contribution in [1.29, 1.82) is 0 Å². The molecule has 7 nitrogen and oxygen atoms in total. The van der Waals surface area contributed by atoms with Gasteiger partial charge in [0.05, 0.1) is 32.5 Å². The molecule has 1 fully saturated rings. The van der Waals surface area contributed by atoms with Crippen LogP contribution in [0.4, 0.5) is 5.82 Å². The first-order valence-electron chi connectivity index (χ1n) is 6.07. The lowest BCUT2D eigenvalue weighted by Gasteiger charge is -2.37. The first kappa shape index (κ1) is 13.7. The fraction of sp³-hybridized carbons (Fsp3) is 0.583. The van der Waals surface area contributed by atoms with Crippen molar-refractivity contribution in [2.75, 3.05) is 31.8 Å². The SMILES string of the molecule is COC(=O)c1ccc(N2CC(CO)OCC2C)nn1. The summed E-state index contributed by atoms with van der Waals surface area (Å²) >= 11 is 0. The topological polar surface area (TPSA) is 84.8 Å². The molecular weight excluding hydrogens is 250 g/mol. The molecule has 1 aliphatic heterocycles. The van der Waals surface area contributed by atoms with Crippen molar-refractivity contribution in [1.82, 2.24) is 10.2 Å². The number of esters is 1. The Morgan fingerprint density at radius 1 is 1.58 bits per heavy atom. The molecule has 1 saturated heterocycles. The van der Waals surface area contributed by atoms with Gasteiger partial charge in [0, 0.05) is 6.54 Å². The Labute approximate surface area is 111 Å². The van der Waals surface area contributed by atoms with Gasteiger partial charge >= 0.3 is 5.97 Å². The lowest BCUT2D eigenvalue weighted by atomic mass is 10.2. The van der Waals surface area contributed by atoms with Crippen LogP contribution >= 0.6 is 0 Å². The smallest absolute Gasteiger partial charge is 0.358 e. The Morgan fingerprint density at radius 3 is 2.95 bits per heavy atom. The highest BCUT2D eigenvalue weighted by Gasteiger charge is 2.27. The number of carbonyl (C=O) groups is 1. The van der Waals surface area contributed by atoms with Gasteiger partial charge in [0.15, 0.2) is 11.5 Å². The number of rotatable bonds is 3. The maximum atomic E-state index is 11.3. The summed E-state index contributed by atoms with van der Waals surface area (Å²) in [7, 11) is 1.30. The molecule has 0 amide bonds. The summed E-state index contributed by atoms with van der Waals surface area (Å²) in [4.78, 5) is 13.3. The molecule has 2 heterocycles. The number of hydrogen-bond acceptors (Lipinski definition) is 7. The largest absolute Gasteiger partial charge is 0.464 e. The number of aromatic nitrogens is 2. The number of hydrogen-bond donors (Lipinski definition) is 1. The molecule has 104 valence electrons. The van der Waals surface area contributed by atoms with E-state index in [4.69, 9.17) is 9.84 Å². The van der Waals surface area contributed by atoms with Gasteiger partial charge in [-0.2, -0.15) is 0 Å². The highest BCUT2D eigenvalue weighted by Crippen LogP contribution is 2.19. The van der Waals surface area contributed by atoms with Crippen LogP contribution in [-0.4, -0.2) is 60.3 Å².